The Hall–Kier alpha value is -2.20. The number of fused-ring (bicyclic) bond motifs is 1. The highest BCUT2D eigenvalue weighted by molar-refractivity contribution is 8.02. The minimum absolute atomic E-state index is 0.0222. The van der Waals surface area contributed by atoms with Crippen LogP contribution < -0.4 is 9.64 Å². The number of ether oxygens (including phenoxy) is 1. The number of allylic oxidation sites excluding steroid dienone is 1. The largest absolute Gasteiger partial charge is 0.490 e. The minimum Gasteiger partial charge on any atom is -0.490 e. The molecule has 0 radical (unpaired) electrons. The molecule has 0 amide bonds. The van der Waals surface area contributed by atoms with Gasteiger partial charge in [-0.15, -0.1) is 11.8 Å². The Kier molecular flexibility index (Phi) is 4.49. The summed E-state index contributed by atoms with van der Waals surface area (Å²) in [4.78, 5) is 14.6. The summed E-state index contributed by atoms with van der Waals surface area (Å²) in [5.74, 6) is 0.884. The first-order chi connectivity index (χ1) is 10.8. The smallest absolute Gasteiger partial charge is 0.188 e. The zero-order valence-electron chi connectivity index (χ0n) is 12.4. The van der Waals surface area contributed by atoms with Crippen LogP contribution in [0.15, 0.2) is 65.7 Å². The summed E-state index contributed by atoms with van der Waals surface area (Å²) in [6.07, 6.45) is 3.70. The van der Waals surface area contributed by atoms with Crippen LogP contribution in [0.3, 0.4) is 0 Å². The number of hydrogen-bond acceptors (Lipinski definition) is 4. The van der Waals surface area contributed by atoms with Crippen molar-refractivity contribution in [3.05, 3.63) is 71.3 Å². The van der Waals surface area contributed by atoms with Gasteiger partial charge in [-0.05, 0) is 18.4 Å². The van der Waals surface area contributed by atoms with Crippen LogP contribution in [0.25, 0.3) is 0 Å². The summed E-state index contributed by atoms with van der Waals surface area (Å²) in [7, 11) is 0. The van der Waals surface area contributed by atoms with E-state index < -0.39 is 0 Å². The van der Waals surface area contributed by atoms with Gasteiger partial charge in [0.05, 0.1) is 17.3 Å². The molecule has 22 heavy (non-hydrogen) atoms. The molecule has 112 valence electrons. The molecule has 0 N–H and O–H groups in total. The van der Waals surface area contributed by atoms with E-state index in [2.05, 4.69) is 4.90 Å². The molecular weight excluding hydrogens is 294 g/mol. The van der Waals surface area contributed by atoms with Crippen LogP contribution in [0.2, 0.25) is 0 Å². The van der Waals surface area contributed by atoms with Crippen molar-refractivity contribution in [3.8, 4) is 5.75 Å². The molecule has 0 spiro atoms. The standard InChI is InChI=1S/C18H17NO2S/c1-22-18(13-16(20)14-7-3-2-4-8-14)19-11-12-21-17-10-6-5-9-15(17)19/h2-10,13H,11-12H2,1H3/b18-13-. The van der Waals surface area contributed by atoms with Crippen molar-refractivity contribution >= 4 is 23.2 Å². The molecule has 0 fully saturated rings. The zero-order chi connectivity index (χ0) is 15.4. The van der Waals surface area contributed by atoms with E-state index in [0.29, 0.717) is 12.2 Å². The number of para-hydroxylation sites is 2. The van der Waals surface area contributed by atoms with Gasteiger partial charge in [0.25, 0.3) is 0 Å². The van der Waals surface area contributed by atoms with Crippen LogP contribution in [-0.4, -0.2) is 25.2 Å². The maximum absolute atomic E-state index is 12.4. The van der Waals surface area contributed by atoms with Crippen LogP contribution in [-0.2, 0) is 0 Å². The van der Waals surface area contributed by atoms with Gasteiger partial charge >= 0.3 is 0 Å². The maximum Gasteiger partial charge on any atom is 0.188 e. The van der Waals surface area contributed by atoms with Gasteiger partial charge in [0.15, 0.2) is 5.78 Å². The molecule has 0 aromatic heterocycles. The van der Waals surface area contributed by atoms with Crippen molar-refractivity contribution in [2.45, 2.75) is 0 Å². The van der Waals surface area contributed by atoms with Gasteiger partial charge in [0.2, 0.25) is 0 Å². The van der Waals surface area contributed by atoms with Crippen molar-refractivity contribution in [2.24, 2.45) is 0 Å². The third-order valence-corrected chi connectivity index (χ3v) is 4.27. The second-order valence-corrected chi connectivity index (χ2v) is 5.71. The molecule has 2 aromatic carbocycles. The lowest BCUT2D eigenvalue weighted by atomic mass is 10.1. The lowest BCUT2D eigenvalue weighted by Crippen LogP contribution is -2.31. The number of nitrogens with zero attached hydrogens (tertiary/aromatic N) is 1. The Morgan fingerprint density at radius 3 is 2.64 bits per heavy atom. The van der Waals surface area contributed by atoms with Crippen molar-refractivity contribution < 1.29 is 9.53 Å². The van der Waals surface area contributed by atoms with Gasteiger partial charge in [-0.25, -0.2) is 0 Å². The fraction of sp³-hybridized carbons (Fsp3) is 0.167. The average Bonchev–Trinajstić information content (AvgIpc) is 2.60. The van der Waals surface area contributed by atoms with E-state index in [-0.39, 0.29) is 5.78 Å². The molecule has 3 rings (SSSR count). The SMILES string of the molecule is CS/C(=C\C(=O)c1ccccc1)N1CCOc2ccccc21. The van der Waals surface area contributed by atoms with Crippen molar-refractivity contribution in [1.29, 1.82) is 0 Å². The summed E-state index contributed by atoms with van der Waals surface area (Å²) < 4.78 is 5.67. The summed E-state index contributed by atoms with van der Waals surface area (Å²) in [6.45, 7) is 1.36. The average molecular weight is 311 g/mol. The van der Waals surface area contributed by atoms with Crippen molar-refractivity contribution in [1.82, 2.24) is 0 Å². The van der Waals surface area contributed by atoms with Gasteiger partial charge in [0.1, 0.15) is 12.4 Å². The lowest BCUT2D eigenvalue weighted by Gasteiger charge is -2.32. The molecule has 0 atom stereocenters. The second-order valence-electron chi connectivity index (χ2n) is 4.88. The number of carbonyl (C=O) groups excluding carboxylic acids is 1. The Morgan fingerprint density at radius 1 is 1.14 bits per heavy atom. The predicted octanol–water partition coefficient (Wildman–Crippen LogP) is 3.97. The minimum atomic E-state index is 0.0222. The van der Waals surface area contributed by atoms with Gasteiger partial charge in [-0.2, -0.15) is 0 Å². The third-order valence-electron chi connectivity index (χ3n) is 3.52. The first-order valence-corrected chi connectivity index (χ1v) is 8.36. The molecule has 4 heteroatoms. The number of anilines is 1. The molecular formula is C18H17NO2S. The Labute approximate surface area is 134 Å². The molecule has 1 heterocycles. The zero-order valence-corrected chi connectivity index (χ0v) is 13.2. The van der Waals surface area contributed by atoms with E-state index in [1.807, 2.05) is 60.9 Å². The van der Waals surface area contributed by atoms with E-state index >= 15 is 0 Å². The highest BCUT2D eigenvalue weighted by Gasteiger charge is 2.21. The van der Waals surface area contributed by atoms with Gasteiger partial charge < -0.3 is 9.64 Å². The third kappa shape index (κ3) is 3.02. The highest BCUT2D eigenvalue weighted by atomic mass is 32.2. The van der Waals surface area contributed by atoms with Gasteiger partial charge in [-0.3, -0.25) is 4.79 Å². The molecule has 1 aliphatic rings. The van der Waals surface area contributed by atoms with Crippen molar-refractivity contribution in [3.63, 3.8) is 0 Å². The Bertz CT molecular complexity index is 697. The first kappa shape index (κ1) is 14.7. The highest BCUT2D eigenvalue weighted by Crippen LogP contribution is 2.36. The lowest BCUT2D eigenvalue weighted by molar-refractivity contribution is 0.104. The topological polar surface area (TPSA) is 29.5 Å². The number of rotatable bonds is 4. The monoisotopic (exact) mass is 311 g/mol. The normalized spacial score (nSPS) is 14.2. The molecule has 0 unspecified atom stereocenters. The molecule has 0 saturated heterocycles. The number of hydrogen-bond donors (Lipinski definition) is 0. The summed E-state index contributed by atoms with van der Waals surface area (Å²) in [5.41, 5.74) is 1.71. The summed E-state index contributed by atoms with van der Waals surface area (Å²) >= 11 is 1.57. The molecule has 2 aromatic rings. The van der Waals surface area contributed by atoms with E-state index in [9.17, 15) is 4.79 Å². The fourth-order valence-corrected chi connectivity index (χ4v) is 3.08. The summed E-state index contributed by atoms with van der Waals surface area (Å²) in [5, 5.41) is 0.935. The maximum atomic E-state index is 12.4. The number of benzene rings is 2. The molecule has 1 aliphatic heterocycles. The van der Waals surface area contributed by atoms with E-state index in [4.69, 9.17) is 4.74 Å². The fourth-order valence-electron chi connectivity index (χ4n) is 2.44. The molecule has 0 bridgehead atoms. The number of thioether (sulfide) groups is 1. The van der Waals surface area contributed by atoms with Crippen LogP contribution in [0.4, 0.5) is 5.69 Å². The van der Waals surface area contributed by atoms with Gasteiger partial charge in [-0.1, -0.05) is 42.5 Å². The first-order valence-electron chi connectivity index (χ1n) is 7.14. The predicted molar refractivity (Wildman–Crippen MR) is 91.7 cm³/mol. The van der Waals surface area contributed by atoms with E-state index in [1.165, 1.54) is 0 Å². The van der Waals surface area contributed by atoms with Crippen LogP contribution in [0.5, 0.6) is 5.75 Å². The van der Waals surface area contributed by atoms with Crippen LogP contribution >= 0.6 is 11.8 Å². The molecule has 0 saturated carbocycles. The molecule has 0 aliphatic carbocycles. The quantitative estimate of drug-likeness (QED) is 0.631. The Balaban J connectivity index is 1.92. The Morgan fingerprint density at radius 2 is 1.86 bits per heavy atom. The van der Waals surface area contributed by atoms with Gasteiger partial charge in [0, 0.05) is 11.6 Å². The van der Waals surface area contributed by atoms with Crippen LogP contribution in [0.1, 0.15) is 10.4 Å². The van der Waals surface area contributed by atoms with Crippen LogP contribution in [0, 0.1) is 0 Å². The second kappa shape index (κ2) is 6.71. The van der Waals surface area contributed by atoms with Crippen molar-refractivity contribution in [2.75, 3.05) is 24.3 Å². The van der Waals surface area contributed by atoms with E-state index in [0.717, 1.165) is 23.0 Å². The van der Waals surface area contributed by atoms with E-state index in [1.54, 1.807) is 17.8 Å². The number of carbonyl (C=O) groups is 1. The summed E-state index contributed by atoms with van der Waals surface area (Å²) in [6, 6.07) is 17.3. The number of ketones is 1. The molecule has 3 nitrogen and oxygen atoms in total.